The molecular weight excluding hydrogens is 381 g/mol. The first-order chi connectivity index (χ1) is 14.0. The molecule has 1 aliphatic rings. The Labute approximate surface area is 167 Å². The number of halogens is 1. The van der Waals surface area contributed by atoms with Crippen LogP contribution >= 0.6 is 0 Å². The standard InChI is InChI=1S/C19H22FN5O4/c20-18-13(2-1-3-14(18)12-29-17(26)8-16(21)22)11-28-15-9-23-19(24-10-15)25-4-6-27-7-5-25/h1-3,9-10H,4-8,11-12H2,(H3,21,22). The molecule has 0 atom stereocenters. The topological polar surface area (TPSA) is 124 Å². The van der Waals surface area contributed by atoms with Gasteiger partial charge in [0.25, 0.3) is 0 Å². The zero-order valence-corrected chi connectivity index (χ0v) is 15.8. The van der Waals surface area contributed by atoms with Crippen LogP contribution in [0.3, 0.4) is 0 Å². The predicted molar refractivity (Wildman–Crippen MR) is 102 cm³/mol. The highest BCUT2D eigenvalue weighted by molar-refractivity contribution is 5.94. The summed E-state index contributed by atoms with van der Waals surface area (Å²) in [5.41, 5.74) is 5.65. The van der Waals surface area contributed by atoms with Gasteiger partial charge in [0, 0.05) is 24.2 Å². The molecule has 0 amide bonds. The summed E-state index contributed by atoms with van der Waals surface area (Å²) >= 11 is 0. The second-order valence-corrected chi connectivity index (χ2v) is 6.36. The Kier molecular flexibility index (Phi) is 6.90. The van der Waals surface area contributed by atoms with Crippen molar-refractivity contribution in [3.05, 3.63) is 47.5 Å². The summed E-state index contributed by atoms with van der Waals surface area (Å²) in [6.45, 7) is 2.47. The number of nitrogens with two attached hydrogens (primary N) is 1. The van der Waals surface area contributed by atoms with Crippen molar-refractivity contribution in [3.8, 4) is 5.75 Å². The molecule has 29 heavy (non-hydrogen) atoms. The lowest BCUT2D eigenvalue weighted by Gasteiger charge is -2.26. The molecule has 0 spiro atoms. The fourth-order valence-electron chi connectivity index (χ4n) is 2.69. The Morgan fingerprint density at radius 1 is 1.21 bits per heavy atom. The van der Waals surface area contributed by atoms with Gasteiger partial charge in [0.2, 0.25) is 5.95 Å². The SMILES string of the molecule is N=C(N)CC(=O)OCc1cccc(COc2cnc(N3CCOCC3)nc2)c1F. The number of nitrogens with one attached hydrogen (secondary N) is 1. The maximum atomic E-state index is 14.6. The highest BCUT2D eigenvalue weighted by atomic mass is 19.1. The van der Waals surface area contributed by atoms with E-state index in [1.54, 1.807) is 24.5 Å². The fraction of sp³-hybridized carbons (Fsp3) is 0.368. The zero-order chi connectivity index (χ0) is 20.6. The normalized spacial score (nSPS) is 13.8. The Hall–Kier alpha value is -3.27. The van der Waals surface area contributed by atoms with E-state index in [2.05, 4.69) is 9.97 Å². The molecule has 0 aliphatic carbocycles. The van der Waals surface area contributed by atoms with Crippen molar-refractivity contribution in [2.24, 2.45) is 5.73 Å². The van der Waals surface area contributed by atoms with E-state index in [0.717, 1.165) is 13.1 Å². The van der Waals surface area contributed by atoms with Crippen molar-refractivity contribution in [2.75, 3.05) is 31.2 Å². The summed E-state index contributed by atoms with van der Waals surface area (Å²) in [5.74, 6) is -0.495. The van der Waals surface area contributed by atoms with Crippen molar-refractivity contribution >= 4 is 17.8 Å². The van der Waals surface area contributed by atoms with E-state index in [9.17, 15) is 9.18 Å². The number of esters is 1. The molecule has 2 aromatic rings. The summed E-state index contributed by atoms with van der Waals surface area (Å²) in [6.07, 6.45) is 2.76. The minimum atomic E-state index is -0.684. The van der Waals surface area contributed by atoms with Gasteiger partial charge in [0.15, 0.2) is 5.75 Å². The molecule has 2 heterocycles. The third-order valence-corrected chi connectivity index (χ3v) is 4.18. The Morgan fingerprint density at radius 2 is 1.86 bits per heavy atom. The number of morpholine rings is 1. The molecule has 3 rings (SSSR count). The molecule has 10 heteroatoms. The Bertz CT molecular complexity index is 856. The molecule has 154 valence electrons. The van der Waals surface area contributed by atoms with Gasteiger partial charge in [0.1, 0.15) is 31.3 Å². The van der Waals surface area contributed by atoms with Gasteiger partial charge in [-0.3, -0.25) is 10.2 Å². The number of rotatable bonds is 8. The number of benzene rings is 1. The van der Waals surface area contributed by atoms with Gasteiger partial charge in [-0.05, 0) is 0 Å². The lowest BCUT2D eigenvalue weighted by molar-refractivity contribution is -0.143. The first kappa shape index (κ1) is 20.5. The minimum Gasteiger partial charge on any atom is -0.486 e. The van der Waals surface area contributed by atoms with Gasteiger partial charge in [0.05, 0.1) is 25.6 Å². The van der Waals surface area contributed by atoms with Gasteiger partial charge >= 0.3 is 5.97 Å². The second-order valence-electron chi connectivity index (χ2n) is 6.36. The van der Waals surface area contributed by atoms with Gasteiger partial charge < -0.3 is 24.8 Å². The highest BCUT2D eigenvalue weighted by Crippen LogP contribution is 2.18. The number of aromatic nitrogens is 2. The average Bonchev–Trinajstić information content (AvgIpc) is 2.73. The summed E-state index contributed by atoms with van der Waals surface area (Å²) in [7, 11) is 0. The summed E-state index contributed by atoms with van der Waals surface area (Å²) in [6, 6.07) is 4.74. The number of carbonyl (C=O) groups is 1. The van der Waals surface area contributed by atoms with Crippen LogP contribution in [0, 0.1) is 11.2 Å². The monoisotopic (exact) mass is 403 g/mol. The largest absolute Gasteiger partial charge is 0.486 e. The molecule has 0 radical (unpaired) electrons. The third-order valence-electron chi connectivity index (χ3n) is 4.18. The van der Waals surface area contributed by atoms with Crippen LogP contribution in [0.2, 0.25) is 0 Å². The molecule has 0 bridgehead atoms. The molecular formula is C19H22FN5O4. The zero-order valence-electron chi connectivity index (χ0n) is 15.8. The van der Waals surface area contributed by atoms with Crippen LogP contribution in [-0.4, -0.2) is 48.1 Å². The van der Waals surface area contributed by atoms with Crippen molar-refractivity contribution in [1.82, 2.24) is 9.97 Å². The van der Waals surface area contributed by atoms with Gasteiger partial charge in [-0.2, -0.15) is 0 Å². The van der Waals surface area contributed by atoms with E-state index >= 15 is 0 Å². The second kappa shape index (κ2) is 9.78. The number of hydrogen-bond donors (Lipinski definition) is 2. The first-order valence-electron chi connectivity index (χ1n) is 9.05. The van der Waals surface area contributed by atoms with Gasteiger partial charge in [-0.1, -0.05) is 18.2 Å². The predicted octanol–water partition coefficient (Wildman–Crippen LogP) is 1.40. The maximum Gasteiger partial charge on any atom is 0.313 e. The highest BCUT2D eigenvalue weighted by Gasteiger charge is 2.14. The van der Waals surface area contributed by atoms with Crippen LogP contribution in [0.5, 0.6) is 5.75 Å². The molecule has 3 N–H and O–H groups in total. The molecule has 1 aromatic carbocycles. The van der Waals surface area contributed by atoms with Crippen LogP contribution in [-0.2, 0) is 27.5 Å². The Balaban J connectivity index is 1.56. The fourth-order valence-corrected chi connectivity index (χ4v) is 2.69. The average molecular weight is 403 g/mol. The first-order valence-corrected chi connectivity index (χ1v) is 9.05. The Morgan fingerprint density at radius 3 is 2.52 bits per heavy atom. The van der Waals surface area contributed by atoms with Gasteiger partial charge in [-0.15, -0.1) is 0 Å². The smallest absolute Gasteiger partial charge is 0.313 e. The number of ether oxygens (including phenoxy) is 3. The van der Waals surface area contributed by atoms with Crippen molar-refractivity contribution in [3.63, 3.8) is 0 Å². The van der Waals surface area contributed by atoms with Gasteiger partial charge in [-0.25, -0.2) is 14.4 Å². The minimum absolute atomic E-state index is 0.0265. The molecule has 1 fully saturated rings. The lowest BCUT2D eigenvalue weighted by Crippen LogP contribution is -2.37. The van der Waals surface area contributed by atoms with E-state index in [1.807, 2.05) is 4.90 Å². The summed E-state index contributed by atoms with van der Waals surface area (Å²) in [4.78, 5) is 22.0. The number of amidine groups is 1. The molecule has 9 nitrogen and oxygen atoms in total. The van der Waals surface area contributed by atoms with Crippen LogP contribution in [0.25, 0.3) is 0 Å². The third kappa shape index (κ3) is 5.85. The van der Waals surface area contributed by atoms with Crippen LogP contribution in [0.4, 0.5) is 10.3 Å². The van der Waals surface area contributed by atoms with E-state index in [1.165, 1.54) is 6.07 Å². The van der Waals surface area contributed by atoms with E-state index < -0.39 is 11.8 Å². The lowest BCUT2D eigenvalue weighted by atomic mass is 10.1. The molecule has 1 aliphatic heterocycles. The van der Waals surface area contributed by atoms with E-state index in [0.29, 0.717) is 30.5 Å². The van der Waals surface area contributed by atoms with Crippen molar-refractivity contribution < 1.29 is 23.4 Å². The van der Waals surface area contributed by atoms with Crippen molar-refractivity contribution in [1.29, 1.82) is 5.41 Å². The number of nitrogens with zero attached hydrogens (tertiary/aromatic N) is 3. The van der Waals surface area contributed by atoms with Crippen LogP contribution in [0.15, 0.2) is 30.6 Å². The number of hydrogen-bond acceptors (Lipinski definition) is 8. The molecule has 1 aromatic heterocycles. The number of carbonyl (C=O) groups excluding carboxylic acids is 1. The number of anilines is 1. The molecule has 1 saturated heterocycles. The van der Waals surface area contributed by atoms with Crippen molar-refractivity contribution in [2.45, 2.75) is 19.6 Å². The quantitative estimate of drug-likeness (QED) is 0.385. The summed E-state index contributed by atoms with van der Waals surface area (Å²) in [5, 5.41) is 7.06. The molecule has 0 unspecified atom stereocenters. The van der Waals surface area contributed by atoms with E-state index in [4.69, 9.17) is 25.4 Å². The van der Waals surface area contributed by atoms with E-state index in [-0.39, 0.29) is 31.0 Å². The molecule has 0 saturated carbocycles. The summed E-state index contributed by atoms with van der Waals surface area (Å²) < 4.78 is 30.4. The van der Waals surface area contributed by atoms with Crippen LogP contribution < -0.4 is 15.4 Å². The van der Waals surface area contributed by atoms with Crippen LogP contribution in [0.1, 0.15) is 17.5 Å². The maximum absolute atomic E-state index is 14.6.